The standard InChI is InChI=1S/C28H38FN3O2/c1-21(2)20-34-27-13-7-22(8-14-27)18-30-28(33)32(19-23-5-9-24(29)10-6-23)26-4-3-16-31(17-15-26)25-11-12-25/h5-10,13-14,21,25-26H,3-4,11-12,15-20H2,1-2H3,(H,30,33)/t26-/m1/s1. The lowest BCUT2D eigenvalue weighted by molar-refractivity contribution is 0.161. The number of likely N-dealkylation sites (tertiary alicyclic amines) is 1. The molecular formula is C28H38FN3O2. The quantitative estimate of drug-likeness (QED) is 0.523. The van der Waals surface area contributed by atoms with Crippen LogP contribution in [0.5, 0.6) is 5.75 Å². The molecule has 184 valence electrons. The van der Waals surface area contributed by atoms with Gasteiger partial charge in [-0.15, -0.1) is 0 Å². The minimum absolute atomic E-state index is 0.0608. The molecule has 2 aromatic rings. The molecule has 1 N–H and O–H groups in total. The fraction of sp³-hybridized carbons (Fsp3) is 0.536. The molecule has 0 unspecified atom stereocenters. The van der Waals surface area contributed by atoms with Gasteiger partial charge in [0.25, 0.3) is 0 Å². The number of carbonyl (C=O) groups excluding carboxylic acids is 1. The molecule has 2 aliphatic rings. The van der Waals surface area contributed by atoms with Crippen molar-refractivity contribution in [2.24, 2.45) is 5.92 Å². The molecule has 2 fully saturated rings. The van der Waals surface area contributed by atoms with Gasteiger partial charge in [-0.05, 0) is 80.0 Å². The molecule has 1 saturated heterocycles. The van der Waals surface area contributed by atoms with E-state index in [9.17, 15) is 9.18 Å². The number of ether oxygens (including phenoxy) is 1. The predicted octanol–water partition coefficient (Wildman–Crippen LogP) is 5.59. The summed E-state index contributed by atoms with van der Waals surface area (Å²) in [5, 5.41) is 3.12. The summed E-state index contributed by atoms with van der Waals surface area (Å²) in [6.45, 7) is 8.05. The molecule has 0 bridgehead atoms. The highest BCUT2D eigenvalue weighted by Crippen LogP contribution is 2.30. The Kier molecular flexibility index (Phi) is 8.44. The third kappa shape index (κ3) is 7.20. The van der Waals surface area contributed by atoms with Crippen LogP contribution in [0.3, 0.4) is 0 Å². The molecule has 2 amide bonds. The maximum Gasteiger partial charge on any atom is 0.318 e. The zero-order chi connectivity index (χ0) is 23.9. The van der Waals surface area contributed by atoms with Crippen molar-refractivity contribution in [1.29, 1.82) is 0 Å². The van der Waals surface area contributed by atoms with E-state index < -0.39 is 0 Å². The third-order valence-corrected chi connectivity index (χ3v) is 6.71. The Balaban J connectivity index is 1.39. The summed E-state index contributed by atoms with van der Waals surface area (Å²) in [4.78, 5) is 17.9. The summed E-state index contributed by atoms with van der Waals surface area (Å²) in [7, 11) is 0. The number of benzene rings is 2. The largest absolute Gasteiger partial charge is 0.493 e. The number of nitrogens with zero attached hydrogens (tertiary/aromatic N) is 2. The van der Waals surface area contributed by atoms with E-state index in [-0.39, 0.29) is 17.9 Å². The van der Waals surface area contributed by atoms with Crippen molar-refractivity contribution in [3.8, 4) is 5.75 Å². The van der Waals surface area contributed by atoms with Crippen molar-refractivity contribution in [3.05, 3.63) is 65.5 Å². The van der Waals surface area contributed by atoms with Gasteiger partial charge in [0.2, 0.25) is 0 Å². The normalized spacial score (nSPS) is 19.0. The topological polar surface area (TPSA) is 44.8 Å². The lowest BCUT2D eigenvalue weighted by atomic mass is 10.1. The van der Waals surface area contributed by atoms with Crippen LogP contribution in [0.2, 0.25) is 0 Å². The summed E-state index contributed by atoms with van der Waals surface area (Å²) in [6.07, 6.45) is 5.70. The predicted molar refractivity (Wildman–Crippen MR) is 133 cm³/mol. The number of rotatable bonds is 9. The number of nitrogens with one attached hydrogen (secondary N) is 1. The molecule has 6 heteroatoms. The van der Waals surface area contributed by atoms with E-state index in [4.69, 9.17) is 4.74 Å². The molecule has 0 aromatic heterocycles. The Labute approximate surface area is 203 Å². The van der Waals surface area contributed by atoms with Crippen molar-refractivity contribution < 1.29 is 13.9 Å². The van der Waals surface area contributed by atoms with Gasteiger partial charge >= 0.3 is 6.03 Å². The Morgan fingerprint density at radius 3 is 2.41 bits per heavy atom. The second kappa shape index (κ2) is 11.7. The smallest absolute Gasteiger partial charge is 0.318 e. The first-order chi connectivity index (χ1) is 16.5. The summed E-state index contributed by atoms with van der Waals surface area (Å²) in [5.41, 5.74) is 1.99. The summed E-state index contributed by atoms with van der Waals surface area (Å²) < 4.78 is 19.2. The average Bonchev–Trinajstić information content (AvgIpc) is 3.68. The van der Waals surface area contributed by atoms with E-state index in [0.717, 1.165) is 55.3 Å². The minimum Gasteiger partial charge on any atom is -0.493 e. The minimum atomic E-state index is -0.255. The number of halogens is 1. The molecule has 34 heavy (non-hydrogen) atoms. The Bertz CT molecular complexity index is 912. The molecule has 1 saturated carbocycles. The highest BCUT2D eigenvalue weighted by atomic mass is 19.1. The monoisotopic (exact) mass is 467 g/mol. The van der Waals surface area contributed by atoms with Crippen LogP contribution in [0.15, 0.2) is 48.5 Å². The van der Waals surface area contributed by atoms with Crippen molar-refractivity contribution in [2.45, 2.75) is 71.1 Å². The molecule has 0 spiro atoms. The summed E-state index contributed by atoms with van der Waals surface area (Å²) >= 11 is 0. The first-order valence-electron chi connectivity index (χ1n) is 12.7. The van der Waals surface area contributed by atoms with Crippen LogP contribution in [0.25, 0.3) is 0 Å². The van der Waals surface area contributed by atoms with Gasteiger partial charge < -0.3 is 19.9 Å². The summed E-state index contributed by atoms with van der Waals surface area (Å²) in [6, 6.07) is 15.3. The molecular weight excluding hydrogens is 429 g/mol. The fourth-order valence-corrected chi connectivity index (χ4v) is 4.62. The Morgan fingerprint density at radius 2 is 1.74 bits per heavy atom. The van der Waals surface area contributed by atoms with E-state index in [1.807, 2.05) is 29.2 Å². The lowest BCUT2D eigenvalue weighted by Crippen LogP contribution is -2.46. The number of amides is 2. The van der Waals surface area contributed by atoms with Gasteiger partial charge in [0.1, 0.15) is 11.6 Å². The zero-order valence-electron chi connectivity index (χ0n) is 20.5. The van der Waals surface area contributed by atoms with Crippen LogP contribution in [-0.2, 0) is 13.1 Å². The highest BCUT2D eigenvalue weighted by molar-refractivity contribution is 5.74. The molecule has 1 aliphatic carbocycles. The van der Waals surface area contributed by atoms with Crippen LogP contribution in [0.1, 0.15) is 57.1 Å². The fourth-order valence-electron chi connectivity index (χ4n) is 4.62. The van der Waals surface area contributed by atoms with Gasteiger partial charge in [0.15, 0.2) is 0 Å². The average molecular weight is 468 g/mol. The van der Waals surface area contributed by atoms with Crippen LogP contribution in [0.4, 0.5) is 9.18 Å². The molecule has 1 aliphatic heterocycles. The van der Waals surface area contributed by atoms with Gasteiger partial charge in [-0.1, -0.05) is 38.1 Å². The second-order valence-electron chi connectivity index (χ2n) is 10.1. The van der Waals surface area contributed by atoms with Gasteiger partial charge in [-0.3, -0.25) is 0 Å². The molecule has 0 radical (unpaired) electrons. The summed E-state index contributed by atoms with van der Waals surface area (Å²) in [5.74, 6) is 1.07. The third-order valence-electron chi connectivity index (χ3n) is 6.71. The molecule has 4 rings (SSSR count). The van der Waals surface area contributed by atoms with E-state index in [1.54, 1.807) is 12.1 Å². The van der Waals surface area contributed by atoms with Crippen LogP contribution >= 0.6 is 0 Å². The van der Waals surface area contributed by atoms with Crippen molar-refractivity contribution >= 4 is 6.03 Å². The molecule has 1 heterocycles. The van der Waals surface area contributed by atoms with Crippen molar-refractivity contribution in [1.82, 2.24) is 15.1 Å². The molecule has 1 atom stereocenters. The maximum absolute atomic E-state index is 13.4. The second-order valence-corrected chi connectivity index (χ2v) is 10.1. The van der Waals surface area contributed by atoms with Gasteiger partial charge in [-0.25, -0.2) is 9.18 Å². The number of hydrogen-bond donors (Lipinski definition) is 1. The van der Waals surface area contributed by atoms with E-state index in [2.05, 4.69) is 24.1 Å². The number of urea groups is 1. The van der Waals surface area contributed by atoms with Crippen LogP contribution < -0.4 is 10.1 Å². The Morgan fingerprint density at radius 1 is 1.03 bits per heavy atom. The van der Waals surface area contributed by atoms with Gasteiger partial charge in [0.05, 0.1) is 6.61 Å². The molecule has 5 nitrogen and oxygen atoms in total. The zero-order valence-corrected chi connectivity index (χ0v) is 20.5. The SMILES string of the molecule is CC(C)COc1ccc(CNC(=O)N(Cc2ccc(F)cc2)[C@@H]2CCCN(C3CC3)CC2)cc1. The molecule has 2 aromatic carbocycles. The van der Waals surface area contributed by atoms with Crippen LogP contribution in [0, 0.1) is 11.7 Å². The van der Waals surface area contributed by atoms with Crippen molar-refractivity contribution in [3.63, 3.8) is 0 Å². The van der Waals surface area contributed by atoms with E-state index in [1.165, 1.54) is 25.0 Å². The Hall–Kier alpha value is -2.60. The highest BCUT2D eigenvalue weighted by Gasteiger charge is 2.32. The van der Waals surface area contributed by atoms with Gasteiger partial charge in [-0.2, -0.15) is 0 Å². The van der Waals surface area contributed by atoms with Crippen LogP contribution in [-0.4, -0.2) is 47.6 Å². The first-order valence-corrected chi connectivity index (χ1v) is 12.7. The first kappa shape index (κ1) is 24.5. The lowest BCUT2D eigenvalue weighted by Gasteiger charge is -2.32. The van der Waals surface area contributed by atoms with Gasteiger partial charge in [0, 0.05) is 31.7 Å². The number of hydrogen-bond acceptors (Lipinski definition) is 3. The van der Waals surface area contributed by atoms with Crippen molar-refractivity contribution in [2.75, 3.05) is 19.7 Å². The van der Waals surface area contributed by atoms with E-state index >= 15 is 0 Å². The maximum atomic E-state index is 13.4. The number of carbonyl (C=O) groups is 1. The van der Waals surface area contributed by atoms with E-state index in [0.29, 0.717) is 25.6 Å².